The van der Waals surface area contributed by atoms with Gasteiger partial charge in [0.25, 0.3) is 0 Å². The summed E-state index contributed by atoms with van der Waals surface area (Å²) in [6.45, 7) is 5.42. The molecular weight excluding hydrogens is 413 g/mol. The van der Waals surface area contributed by atoms with Crippen molar-refractivity contribution in [3.63, 3.8) is 0 Å². The number of carbonyl (C=O) groups excluding carboxylic acids is 1. The molecule has 1 amide bonds. The average Bonchev–Trinajstić information content (AvgIpc) is 3.39. The van der Waals surface area contributed by atoms with Crippen molar-refractivity contribution in [1.82, 2.24) is 20.5 Å². The van der Waals surface area contributed by atoms with Gasteiger partial charge in [-0.15, -0.1) is 11.3 Å². The van der Waals surface area contributed by atoms with Gasteiger partial charge in [-0.1, -0.05) is 0 Å². The van der Waals surface area contributed by atoms with Crippen LogP contribution in [-0.4, -0.2) is 47.9 Å². The lowest BCUT2D eigenvalue weighted by Gasteiger charge is -2.26. The van der Waals surface area contributed by atoms with Crippen molar-refractivity contribution < 1.29 is 9.18 Å². The molecule has 0 bridgehead atoms. The lowest BCUT2D eigenvalue weighted by Crippen LogP contribution is -2.39. The fourth-order valence-corrected chi connectivity index (χ4v) is 4.80. The minimum atomic E-state index is -0.240. The number of aromatic amines is 1. The Kier molecular flexibility index (Phi) is 6.86. The van der Waals surface area contributed by atoms with Gasteiger partial charge in [0.1, 0.15) is 5.82 Å². The number of amides is 1. The van der Waals surface area contributed by atoms with E-state index in [9.17, 15) is 9.18 Å². The Hall–Kier alpha value is -2.87. The van der Waals surface area contributed by atoms with Gasteiger partial charge in [0, 0.05) is 54.6 Å². The number of guanidine groups is 1. The third kappa shape index (κ3) is 5.25. The van der Waals surface area contributed by atoms with E-state index in [-0.39, 0.29) is 11.7 Å². The first-order valence-corrected chi connectivity index (χ1v) is 11.6. The smallest absolute Gasteiger partial charge is 0.224 e. The van der Waals surface area contributed by atoms with E-state index in [1.54, 1.807) is 17.4 Å². The number of H-pyrrole nitrogens is 1. The maximum absolute atomic E-state index is 13.4. The second-order valence-corrected chi connectivity index (χ2v) is 8.63. The highest BCUT2D eigenvalue weighted by atomic mass is 32.1. The molecule has 3 aromatic rings. The molecular formula is C23H28FN5OS. The minimum absolute atomic E-state index is 0.155. The maximum Gasteiger partial charge on any atom is 0.224 e. The van der Waals surface area contributed by atoms with Crippen LogP contribution in [0.1, 0.15) is 29.3 Å². The highest BCUT2D eigenvalue weighted by Crippen LogP contribution is 2.24. The number of hydrogen-bond acceptors (Lipinski definition) is 3. The summed E-state index contributed by atoms with van der Waals surface area (Å²) in [5, 5.41) is 9.69. The van der Waals surface area contributed by atoms with Crippen LogP contribution in [0.3, 0.4) is 0 Å². The summed E-state index contributed by atoms with van der Waals surface area (Å²) in [5.74, 6) is 0.623. The molecule has 0 saturated heterocycles. The van der Waals surface area contributed by atoms with Crippen LogP contribution >= 0.6 is 11.3 Å². The Bertz CT molecular complexity index is 1070. The summed E-state index contributed by atoms with van der Waals surface area (Å²) in [5.41, 5.74) is 3.22. The predicted octanol–water partition coefficient (Wildman–Crippen LogP) is 3.44. The SMILES string of the molecule is CCNC(=NCCC(=O)N1CCc2sccc2C1)NCCc1c[nH]c2cc(F)ccc12. The van der Waals surface area contributed by atoms with Gasteiger partial charge in [-0.3, -0.25) is 9.79 Å². The number of aliphatic imine (C=N–C) groups is 1. The molecule has 0 unspecified atom stereocenters. The van der Waals surface area contributed by atoms with E-state index in [4.69, 9.17) is 0 Å². The molecule has 31 heavy (non-hydrogen) atoms. The lowest BCUT2D eigenvalue weighted by atomic mass is 10.1. The molecule has 0 radical (unpaired) electrons. The summed E-state index contributed by atoms with van der Waals surface area (Å²) in [6.07, 6.45) is 4.06. The van der Waals surface area contributed by atoms with Crippen LogP contribution in [0.5, 0.6) is 0 Å². The fourth-order valence-electron chi connectivity index (χ4n) is 3.91. The number of thiophene rings is 1. The lowest BCUT2D eigenvalue weighted by molar-refractivity contribution is -0.131. The topological polar surface area (TPSA) is 72.5 Å². The van der Waals surface area contributed by atoms with Crippen molar-refractivity contribution in [2.75, 3.05) is 26.2 Å². The number of nitrogens with one attached hydrogen (secondary N) is 3. The standard InChI is InChI=1S/C23H28FN5OS/c1-2-25-23(26-9-5-16-14-28-20-13-18(24)3-4-19(16)20)27-10-6-22(30)29-11-7-21-17(15-29)8-12-31-21/h3-4,8,12-14,28H,2,5-7,9-11,15H2,1H3,(H2,25,26,27). The molecule has 164 valence electrons. The van der Waals surface area contributed by atoms with Gasteiger partial charge in [0.2, 0.25) is 5.91 Å². The zero-order chi connectivity index (χ0) is 21.6. The van der Waals surface area contributed by atoms with Crippen molar-refractivity contribution in [3.8, 4) is 0 Å². The third-order valence-electron chi connectivity index (χ3n) is 5.52. The largest absolute Gasteiger partial charge is 0.361 e. The normalized spacial score (nSPS) is 14.0. The molecule has 3 N–H and O–H groups in total. The van der Waals surface area contributed by atoms with Crippen molar-refractivity contribution in [3.05, 3.63) is 57.7 Å². The highest BCUT2D eigenvalue weighted by molar-refractivity contribution is 7.10. The van der Waals surface area contributed by atoms with E-state index in [0.717, 1.165) is 42.4 Å². The highest BCUT2D eigenvalue weighted by Gasteiger charge is 2.20. The van der Waals surface area contributed by atoms with Gasteiger partial charge in [0.05, 0.1) is 6.54 Å². The van der Waals surface area contributed by atoms with E-state index in [2.05, 4.69) is 32.1 Å². The van der Waals surface area contributed by atoms with Crippen LogP contribution in [0, 0.1) is 5.82 Å². The Labute approximate surface area is 185 Å². The zero-order valence-electron chi connectivity index (χ0n) is 17.7. The zero-order valence-corrected chi connectivity index (χ0v) is 18.5. The molecule has 6 nitrogen and oxygen atoms in total. The van der Waals surface area contributed by atoms with E-state index in [1.807, 2.05) is 18.0 Å². The molecule has 1 aliphatic heterocycles. The summed E-state index contributed by atoms with van der Waals surface area (Å²) in [7, 11) is 0. The summed E-state index contributed by atoms with van der Waals surface area (Å²) in [4.78, 5) is 23.6. The van der Waals surface area contributed by atoms with E-state index >= 15 is 0 Å². The molecule has 3 heterocycles. The molecule has 0 spiro atoms. The molecule has 8 heteroatoms. The number of nitrogens with zero attached hydrogens (tertiary/aromatic N) is 2. The van der Waals surface area contributed by atoms with E-state index < -0.39 is 0 Å². The molecule has 4 rings (SSSR count). The van der Waals surface area contributed by atoms with Gasteiger partial charge in [-0.05, 0) is 60.5 Å². The number of fused-ring (bicyclic) bond motifs is 2. The molecule has 1 aromatic carbocycles. The maximum atomic E-state index is 13.4. The molecule has 0 saturated carbocycles. The molecule has 0 atom stereocenters. The molecule has 0 aliphatic carbocycles. The van der Waals surface area contributed by atoms with Crippen molar-refractivity contribution in [2.24, 2.45) is 4.99 Å². The van der Waals surface area contributed by atoms with Gasteiger partial charge in [0.15, 0.2) is 5.96 Å². The first kappa shape index (κ1) is 21.4. The minimum Gasteiger partial charge on any atom is -0.361 e. The summed E-state index contributed by atoms with van der Waals surface area (Å²) < 4.78 is 13.4. The Balaban J connectivity index is 1.26. The molecule has 1 aliphatic rings. The van der Waals surface area contributed by atoms with Crippen molar-refractivity contribution >= 4 is 34.1 Å². The van der Waals surface area contributed by atoms with Crippen LogP contribution in [0.2, 0.25) is 0 Å². The van der Waals surface area contributed by atoms with Gasteiger partial charge >= 0.3 is 0 Å². The van der Waals surface area contributed by atoms with Crippen LogP contribution in [0.15, 0.2) is 40.8 Å². The first-order valence-electron chi connectivity index (χ1n) is 10.7. The van der Waals surface area contributed by atoms with Gasteiger partial charge < -0.3 is 20.5 Å². The van der Waals surface area contributed by atoms with Crippen molar-refractivity contribution in [2.45, 2.75) is 32.7 Å². The van der Waals surface area contributed by atoms with Crippen molar-refractivity contribution in [1.29, 1.82) is 0 Å². The first-order chi connectivity index (χ1) is 15.1. The molecule has 2 aromatic heterocycles. The van der Waals surface area contributed by atoms with Gasteiger partial charge in [-0.25, -0.2) is 4.39 Å². The number of aromatic nitrogens is 1. The number of halogens is 1. The number of benzene rings is 1. The van der Waals surface area contributed by atoms with Crippen LogP contribution < -0.4 is 10.6 Å². The van der Waals surface area contributed by atoms with E-state index in [1.165, 1.54) is 22.6 Å². The summed E-state index contributed by atoms with van der Waals surface area (Å²) >= 11 is 1.78. The van der Waals surface area contributed by atoms with Crippen LogP contribution in [0.4, 0.5) is 4.39 Å². The number of rotatable bonds is 7. The second kappa shape index (κ2) is 9.96. The summed E-state index contributed by atoms with van der Waals surface area (Å²) in [6, 6.07) is 6.92. The quantitative estimate of drug-likeness (QED) is 0.389. The Morgan fingerprint density at radius 2 is 2.23 bits per heavy atom. The Morgan fingerprint density at radius 1 is 1.32 bits per heavy atom. The van der Waals surface area contributed by atoms with Crippen LogP contribution in [-0.2, 0) is 24.2 Å². The van der Waals surface area contributed by atoms with Gasteiger partial charge in [-0.2, -0.15) is 0 Å². The third-order valence-corrected chi connectivity index (χ3v) is 6.54. The fraction of sp³-hybridized carbons (Fsp3) is 0.391. The van der Waals surface area contributed by atoms with E-state index in [0.29, 0.717) is 32.0 Å². The second-order valence-electron chi connectivity index (χ2n) is 7.63. The number of carbonyl (C=O) groups is 1. The average molecular weight is 442 g/mol. The monoisotopic (exact) mass is 441 g/mol. The predicted molar refractivity (Wildman–Crippen MR) is 124 cm³/mol. The van der Waals surface area contributed by atoms with Crippen LogP contribution in [0.25, 0.3) is 10.9 Å². The Morgan fingerprint density at radius 3 is 3.10 bits per heavy atom. The molecule has 0 fully saturated rings. The number of hydrogen-bond donors (Lipinski definition) is 3.